The van der Waals surface area contributed by atoms with E-state index in [9.17, 15) is 0 Å². The maximum Gasteiger partial charge on any atom is 0.156 e. The smallest absolute Gasteiger partial charge is 0.156 e. The molecule has 1 aliphatic rings. The first-order valence-electron chi connectivity index (χ1n) is 8.74. The highest BCUT2D eigenvalue weighted by Crippen LogP contribution is 2.33. The first-order chi connectivity index (χ1) is 12.3. The molecule has 0 aliphatic heterocycles. The molecule has 2 aromatic heterocycles. The maximum atomic E-state index is 5.54. The van der Waals surface area contributed by atoms with E-state index in [2.05, 4.69) is 49.9 Å². The molecule has 1 aromatic carbocycles. The Morgan fingerprint density at radius 2 is 2.08 bits per heavy atom. The molecule has 1 atom stereocenters. The molecule has 0 saturated carbocycles. The van der Waals surface area contributed by atoms with Gasteiger partial charge in [-0.2, -0.15) is 0 Å². The van der Waals surface area contributed by atoms with Crippen molar-refractivity contribution in [3.05, 3.63) is 54.0 Å². The summed E-state index contributed by atoms with van der Waals surface area (Å²) in [6.45, 7) is 1.29. The Labute approximate surface area is 146 Å². The van der Waals surface area contributed by atoms with Crippen molar-refractivity contribution in [3.63, 3.8) is 0 Å². The second-order valence-corrected chi connectivity index (χ2v) is 6.32. The lowest BCUT2D eigenvalue weighted by molar-refractivity contribution is 0.599. The van der Waals surface area contributed by atoms with Gasteiger partial charge in [0.25, 0.3) is 0 Å². The standard InChI is InChI=1S/C19H22N6/c20-8-9-21-14-10-17-18(22-11-14)19(24-12-23-17)25-16-7-3-5-13-4-1-2-6-15(13)16/h1-2,4,6,10-12,16,21H,3,5,7-9,20H2,(H,23,24,25)/t16-/m0/s1. The summed E-state index contributed by atoms with van der Waals surface area (Å²) in [7, 11) is 0. The van der Waals surface area contributed by atoms with Crippen LogP contribution in [0.5, 0.6) is 0 Å². The second kappa shape index (κ2) is 7.03. The molecule has 25 heavy (non-hydrogen) atoms. The summed E-state index contributed by atoms with van der Waals surface area (Å²) in [5, 5.41) is 6.82. The van der Waals surface area contributed by atoms with Crippen LogP contribution >= 0.6 is 0 Å². The lowest BCUT2D eigenvalue weighted by Crippen LogP contribution is -2.18. The molecule has 3 aromatic rings. The minimum atomic E-state index is 0.264. The maximum absolute atomic E-state index is 5.54. The van der Waals surface area contributed by atoms with E-state index < -0.39 is 0 Å². The lowest BCUT2D eigenvalue weighted by atomic mass is 9.88. The minimum Gasteiger partial charge on any atom is -0.382 e. The molecule has 0 saturated heterocycles. The first-order valence-corrected chi connectivity index (χ1v) is 8.74. The Morgan fingerprint density at radius 3 is 3.00 bits per heavy atom. The van der Waals surface area contributed by atoms with Gasteiger partial charge in [-0.05, 0) is 36.5 Å². The number of benzene rings is 1. The van der Waals surface area contributed by atoms with E-state index >= 15 is 0 Å². The molecule has 6 heteroatoms. The molecular formula is C19H22N6. The summed E-state index contributed by atoms with van der Waals surface area (Å²) >= 11 is 0. The van der Waals surface area contributed by atoms with E-state index in [0.29, 0.717) is 13.1 Å². The van der Waals surface area contributed by atoms with Crippen LogP contribution in [0.3, 0.4) is 0 Å². The number of fused-ring (bicyclic) bond motifs is 2. The topological polar surface area (TPSA) is 88.8 Å². The van der Waals surface area contributed by atoms with Crippen molar-refractivity contribution in [1.29, 1.82) is 0 Å². The number of anilines is 2. The molecule has 0 bridgehead atoms. The number of nitrogens with one attached hydrogen (secondary N) is 2. The number of aromatic nitrogens is 3. The van der Waals surface area contributed by atoms with E-state index in [0.717, 1.165) is 35.4 Å². The highest BCUT2D eigenvalue weighted by atomic mass is 15.1. The molecule has 0 fully saturated rings. The zero-order chi connectivity index (χ0) is 17.1. The average molecular weight is 334 g/mol. The van der Waals surface area contributed by atoms with E-state index in [1.807, 2.05) is 6.07 Å². The van der Waals surface area contributed by atoms with Gasteiger partial charge in [-0.25, -0.2) is 15.0 Å². The summed E-state index contributed by atoms with van der Waals surface area (Å²) in [5.74, 6) is 0.789. The van der Waals surface area contributed by atoms with Crippen LogP contribution < -0.4 is 16.4 Å². The molecule has 0 amide bonds. The molecule has 0 unspecified atom stereocenters. The third-order valence-electron chi connectivity index (χ3n) is 4.63. The Kier molecular flexibility index (Phi) is 4.43. The van der Waals surface area contributed by atoms with Gasteiger partial charge < -0.3 is 16.4 Å². The van der Waals surface area contributed by atoms with Gasteiger partial charge in [-0.3, -0.25) is 0 Å². The van der Waals surface area contributed by atoms with Crippen LogP contribution in [0, 0.1) is 0 Å². The molecule has 1 aliphatic carbocycles. The predicted molar refractivity (Wildman–Crippen MR) is 101 cm³/mol. The molecular weight excluding hydrogens is 312 g/mol. The van der Waals surface area contributed by atoms with Gasteiger partial charge in [-0.1, -0.05) is 24.3 Å². The van der Waals surface area contributed by atoms with Crippen LogP contribution in [0.25, 0.3) is 11.0 Å². The SMILES string of the molecule is NCCNc1cnc2c(N[C@H]3CCCc4ccccc43)ncnc2c1. The fourth-order valence-corrected chi connectivity index (χ4v) is 3.43. The highest BCUT2D eigenvalue weighted by molar-refractivity contribution is 5.86. The van der Waals surface area contributed by atoms with Gasteiger partial charge in [0.2, 0.25) is 0 Å². The average Bonchev–Trinajstić information content (AvgIpc) is 2.67. The van der Waals surface area contributed by atoms with Crippen molar-refractivity contribution in [2.75, 3.05) is 23.7 Å². The van der Waals surface area contributed by atoms with Crippen LogP contribution in [-0.2, 0) is 6.42 Å². The number of nitrogens with zero attached hydrogens (tertiary/aromatic N) is 3. The van der Waals surface area contributed by atoms with Crippen LogP contribution in [0.15, 0.2) is 42.9 Å². The lowest BCUT2D eigenvalue weighted by Gasteiger charge is -2.27. The third-order valence-corrected chi connectivity index (χ3v) is 4.63. The van der Waals surface area contributed by atoms with Gasteiger partial charge in [-0.15, -0.1) is 0 Å². The largest absolute Gasteiger partial charge is 0.382 e. The molecule has 4 N–H and O–H groups in total. The molecule has 4 rings (SSSR count). The summed E-state index contributed by atoms with van der Waals surface area (Å²) in [6, 6.07) is 10.9. The minimum absolute atomic E-state index is 0.264. The number of rotatable bonds is 5. The van der Waals surface area contributed by atoms with E-state index in [4.69, 9.17) is 5.73 Å². The molecule has 0 spiro atoms. The Bertz CT molecular complexity index is 879. The van der Waals surface area contributed by atoms with Crippen LogP contribution in [0.4, 0.5) is 11.5 Å². The zero-order valence-corrected chi connectivity index (χ0v) is 14.1. The highest BCUT2D eigenvalue weighted by Gasteiger charge is 2.21. The monoisotopic (exact) mass is 334 g/mol. The van der Waals surface area contributed by atoms with E-state index in [1.54, 1.807) is 12.5 Å². The number of hydrogen-bond donors (Lipinski definition) is 3. The molecule has 128 valence electrons. The van der Waals surface area contributed by atoms with Crippen molar-refractivity contribution in [2.45, 2.75) is 25.3 Å². The number of pyridine rings is 1. The number of aryl methyl sites for hydroxylation is 1. The van der Waals surface area contributed by atoms with E-state index in [1.165, 1.54) is 17.5 Å². The second-order valence-electron chi connectivity index (χ2n) is 6.32. The van der Waals surface area contributed by atoms with Crippen molar-refractivity contribution >= 4 is 22.5 Å². The third kappa shape index (κ3) is 3.25. The molecule has 2 heterocycles. The van der Waals surface area contributed by atoms with Gasteiger partial charge in [0.1, 0.15) is 11.8 Å². The Morgan fingerprint density at radius 1 is 1.16 bits per heavy atom. The summed E-state index contributed by atoms with van der Waals surface area (Å²) < 4.78 is 0. The molecule has 6 nitrogen and oxygen atoms in total. The number of hydrogen-bond acceptors (Lipinski definition) is 6. The van der Waals surface area contributed by atoms with Crippen molar-refractivity contribution in [1.82, 2.24) is 15.0 Å². The van der Waals surface area contributed by atoms with Crippen LogP contribution in [-0.4, -0.2) is 28.0 Å². The molecule has 0 radical (unpaired) electrons. The fourth-order valence-electron chi connectivity index (χ4n) is 3.43. The van der Waals surface area contributed by atoms with Crippen molar-refractivity contribution < 1.29 is 0 Å². The van der Waals surface area contributed by atoms with Gasteiger partial charge in [0, 0.05) is 13.1 Å². The quantitative estimate of drug-likeness (QED) is 0.665. The first kappa shape index (κ1) is 15.8. The Hall–Kier alpha value is -2.73. The van der Waals surface area contributed by atoms with E-state index in [-0.39, 0.29) is 6.04 Å². The van der Waals surface area contributed by atoms with Crippen molar-refractivity contribution in [2.24, 2.45) is 5.73 Å². The van der Waals surface area contributed by atoms with Crippen LogP contribution in [0.2, 0.25) is 0 Å². The summed E-state index contributed by atoms with van der Waals surface area (Å²) in [6.07, 6.45) is 6.82. The van der Waals surface area contributed by atoms with Gasteiger partial charge in [0.15, 0.2) is 5.82 Å². The predicted octanol–water partition coefficient (Wildman–Crippen LogP) is 2.88. The Balaban J connectivity index is 1.64. The van der Waals surface area contributed by atoms with Gasteiger partial charge >= 0.3 is 0 Å². The summed E-state index contributed by atoms with van der Waals surface area (Å²) in [4.78, 5) is 13.4. The summed E-state index contributed by atoms with van der Waals surface area (Å²) in [5.41, 5.74) is 10.9. The zero-order valence-electron chi connectivity index (χ0n) is 14.1. The normalized spacial score (nSPS) is 16.4. The van der Waals surface area contributed by atoms with Crippen LogP contribution in [0.1, 0.15) is 30.0 Å². The van der Waals surface area contributed by atoms with Gasteiger partial charge in [0.05, 0.1) is 23.4 Å². The number of nitrogens with two attached hydrogens (primary N) is 1. The van der Waals surface area contributed by atoms with Crippen molar-refractivity contribution in [3.8, 4) is 0 Å². The fraction of sp³-hybridized carbons (Fsp3) is 0.316.